The summed E-state index contributed by atoms with van der Waals surface area (Å²) in [5.74, 6) is 0.389. The lowest BCUT2D eigenvalue weighted by Gasteiger charge is -2.39. The molecule has 1 aliphatic heterocycles. The molecule has 0 spiro atoms. The Morgan fingerprint density at radius 2 is 1.43 bits per heavy atom. The van der Waals surface area contributed by atoms with Crippen LogP contribution in [-0.2, 0) is 43.1 Å². The van der Waals surface area contributed by atoms with E-state index in [0.717, 1.165) is 27.3 Å². The highest BCUT2D eigenvalue weighted by Crippen LogP contribution is 2.51. The summed E-state index contributed by atoms with van der Waals surface area (Å²) in [5, 5.41) is 12.0. The molecular formula is C49H64N5O13P. The number of nitrogens with one attached hydrogen (secondary N) is 2. The zero-order valence-electron chi connectivity index (χ0n) is 40.5. The number of benzene rings is 3. The molecule has 1 saturated heterocycles. The van der Waals surface area contributed by atoms with Crippen molar-refractivity contribution in [2.75, 3.05) is 34.2 Å². The van der Waals surface area contributed by atoms with Crippen LogP contribution in [0.15, 0.2) is 101 Å². The summed E-state index contributed by atoms with van der Waals surface area (Å²) >= 11 is 0. The van der Waals surface area contributed by atoms with E-state index in [1.807, 2.05) is 111 Å². The molecule has 0 radical (unpaired) electrons. The molecule has 0 aliphatic carbocycles. The first-order valence-corrected chi connectivity index (χ1v) is 23.4. The number of amides is 1. The topological polar surface area (TPSA) is 211 Å². The number of rotatable bonds is 22. The second-order valence-electron chi connectivity index (χ2n) is 17.9. The summed E-state index contributed by atoms with van der Waals surface area (Å²) in [6.45, 7) is 15.0. The zero-order chi connectivity index (χ0) is 49.8. The Morgan fingerprint density at radius 3 is 1.94 bits per heavy atom. The van der Waals surface area contributed by atoms with E-state index in [-0.39, 0.29) is 31.7 Å². The van der Waals surface area contributed by atoms with Crippen LogP contribution in [0.4, 0.5) is 4.79 Å². The number of nitrogens with zero attached hydrogens (tertiary/aromatic N) is 3. The van der Waals surface area contributed by atoms with Gasteiger partial charge < -0.3 is 47.5 Å². The standard InChI is InChI=1S/C49H64N5O13P/c1-32(2)54(33(3)4)68(64-29-15-27-50)67-41-39(30-63-49(34-16-13-12-14-17-34,35-18-22-37(59-10)23-19-35)36-20-24-38(60-11)25-21-36)65-43(53-28-26-40(55)51-45(53)57)42(41)61-31-62-44(56)48(8,9)52-46(58)66-47(5,6)7/h12-14,16-26,28,32-33,39,41-43H,15,29-31H2,1-11H3,(H,52,58)(H,51,55,57)/t39-,41-,42-,43-,68?/m1/s1. The molecule has 1 unspecified atom stereocenters. The summed E-state index contributed by atoms with van der Waals surface area (Å²) in [7, 11) is 1.16. The quantitative estimate of drug-likeness (QED) is 0.0260. The second kappa shape index (κ2) is 23.6. The lowest BCUT2D eigenvalue weighted by atomic mass is 9.80. The molecular weight excluding hydrogens is 898 g/mol. The first-order chi connectivity index (χ1) is 32.2. The van der Waals surface area contributed by atoms with Crippen LogP contribution in [0.25, 0.3) is 0 Å². The fourth-order valence-corrected chi connectivity index (χ4v) is 9.40. The number of esters is 1. The summed E-state index contributed by atoms with van der Waals surface area (Å²) < 4.78 is 59.2. The highest BCUT2D eigenvalue weighted by Gasteiger charge is 2.52. The number of ether oxygens (including phenoxy) is 7. The average molecular weight is 962 g/mol. The number of H-pyrrole nitrogens is 1. The van der Waals surface area contributed by atoms with Gasteiger partial charge in [0, 0.05) is 24.3 Å². The molecule has 1 amide bonds. The molecule has 4 aromatic rings. The summed E-state index contributed by atoms with van der Waals surface area (Å²) in [6.07, 6.45) is -4.30. The molecule has 1 aliphatic rings. The molecule has 19 heteroatoms. The molecule has 0 bridgehead atoms. The molecule has 18 nitrogen and oxygen atoms in total. The van der Waals surface area contributed by atoms with Crippen LogP contribution in [0.3, 0.4) is 0 Å². The molecule has 5 rings (SSSR count). The van der Waals surface area contributed by atoms with Gasteiger partial charge in [-0.2, -0.15) is 5.26 Å². The van der Waals surface area contributed by atoms with Crippen molar-refractivity contribution in [1.29, 1.82) is 5.26 Å². The van der Waals surface area contributed by atoms with Crippen LogP contribution in [-0.4, -0.2) is 102 Å². The Kier molecular flexibility index (Phi) is 18.5. The zero-order valence-corrected chi connectivity index (χ0v) is 41.4. The van der Waals surface area contributed by atoms with E-state index < -0.39 is 79.9 Å². The molecule has 368 valence electrons. The van der Waals surface area contributed by atoms with Gasteiger partial charge in [-0.1, -0.05) is 54.6 Å². The number of aromatic nitrogens is 2. The molecule has 3 aromatic carbocycles. The van der Waals surface area contributed by atoms with E-state index in [1.54, 1.807) is 35.0 Å². The lowest BCUT2D eigenvalue weighted by Crippen LogP contribution is -2.52. The largest absolute Gasteiger partial charge is 0.497 e. The normalized spacial score (nSPS) is 18.0. The van der Waals surface area contributed by atoms with Crippen LogP contribution in [0.5, 0.6) is 11.5 Å². The Hall–Kier alpha value is -5.64. The van der Waals surface area contributed by atoms with Gasteiger partial charge in [0.15, 0.2) is 13.0 Å². The Balaban J connectivity index is 1.65. The highest BCUT2D eigenvalue weighted by atomic mass is 31.2. The first-order valence-electron chi connectivity index (χ1n) is 22.2. The number of carbonyl (C=O) groups is 2. The molecule has 2 N–H and O–H groups in total. The number of hydrogen-bond acceptors (Lipinski definition) is 15. The van der Waals surface area contributed by atoms with E-state index in [9.17, 15) is 24.4 Å². The van der Waals surface area contributed by atoms with Gasteiger partial charge in [-0.25, -0.2) is 19.1 Å². The molecule has 5 atom stereocenters. The Morgan fingerprint density at radius 1 is 0.853 bits per heavy atom. The number of hydrogen-bond donors (Lipinski definition) is 2. The van der Waals surface area contributed by atoms with Gasteiger partial charge in [0.05, 0.1) is 39.9 Å². The number of nitriles is 1. The summed E-state index contributed by atoms with van der Waals surface area (Å²) in [4.78, 5) is 54.6. The van der Waals surface area contributed by atoms with Gasteiger partial charge in [-0.3, -0.25) is 14.3 Å². The van der Waals surface area contributed by atoms with Crippen LogP contribution >= 0.6 is 8.53 Å². The first kappa shape index (κ1) is 53.3. The minimum Gasteiger partial charge on any atom is -0.497 e. The van der Waals surface area contributed by atoms with Gasteiger partial charge in [-0.15, -0.1) is 0 Å². The Labute approximate surface area is 398 Å². The minimum atomic E-state index is -2.00. The maximum Gasteiger partial charge on any atom is 0.408 e. The van der Waals surface area contributed by atoms with E-state index in [2.05, 4.69) is 16.4 Å². The van der Waals surface area contributed by atoms with Crippen LogP contribution in [0, 0.1) is 11.3 Å². The SMILES string of the molecule is COc1ccc(C(OC[C@H]2O[C@@H](n3ccc(=O)[nH]c3=O)[C@H](OCOC(=O)C(C)(C)NC(=O)OC(C)(C)C)[C@@H]2OP(OCCC#N)N(C(C)C)C(C)C)(c2ccccc2)c2ccc(OC)cc2)cc1. The molecule has 2 heterocycles. The number of carbonyl (C=O) groups excluding carboxylic acids is 2. The van der Waals surface area contributed by atoms with E-state index >= 15 is 0 Å². The fourth-order valence-electron chi connectivity index (χ4n) is 7.63. The number of aromatic amines is 1. The molecule has 1 aromatic heterocycles. The van der Waals surface area contributed by atoms with Crippen LogP contribution in [0.2, 0.25) is 0 Å². The van der Waals surface area contributed by atoms with Gasteiger partial charge >= 0.3 is 17.8 Å². The third-order valence-corrected chi connectivity index (χ3v) is 12.8. The monoisotopic (exact) mass is 961 g/mol. The predicted octanol–water partition coefficient (Wildman–Crippen LogP) is 7.31. The third kappa shape index (κ3) is 13.3. The third-order valence-electron chi connectivity index (χ3n) is 10.7. The maximum atomic E-state index is 13.6. The van der Waals surface area contributed by atoms with Gasteiger partial charge in [0.1, 0.15) is 46.6 Å². The van der Waals surface area contributed by atoms with Crippen molar-refractivity contribution in [1.82, 2.24) is 19.5 Å². The van der Waals surface area contributed by atoms with Crippen molar-refractivity contribution in [2.24, 2.45) is 0 Å². The fraction of sp³-hybridized carbons (Fsp3) is 0.490. The maximum absolute atomic E-state index is 13.6. The number of alkyl carbamates (subject to hydrolysis) is 1. The summed E-state index contributed by atoms with van der Waals surface area (Å²) in [6, 6.07) is 27.7. The van der Waals surface area contributed by atoms with Crippen molar-refractivity contribution in [3.8, 4) is 17.6 Å². The van der Waals surface area contributed by atoms with Crippen molar-refractivity contribution in [3.63, 3.8) is 0 Å². The highest BCUT2D eigenvalue weighted by molar-refractivity contribution is 7.44. The smallest absolute Gasteiger partial charge is 0.408 e. The van der Waals surface area contributed by atoms with Crippen molar-refractivity contribution in [3.05, 3.63) is 129 Å². The van der Waals surface area contributed by atoms with Crippen molar-refractivity contribution < 1.29 is 51.8 Å². The minimum absolute atomic E-state index is 0.0324. The number of methoxy groups -OCH3 is 2. The van der Waals surface area contributed by atoms with Gasteiger partial charge in [0.25, 0.3) is 14.1 Å². The summed E-state index contributed by atoms with van der Waals surface area (Å²) in [5.41, 5.74) is -2.96. The van der Waals surface area contributed by atoms with E-state index in [0.29, 0.717) is 11.5 Å². The Bertz CT molecular complexity index is 2360. The van der Waals surface area contributed by atoms with E-state index in [4.69, 9.17) is 42.2 Å². The molecule has 1 fully saturated rings. The second-order valence-corrected chi connectivity index (χ2v) is 19.4. The van der Waals surface area contributed by atoms with E-state index in [1.165, 1.54) is 20.0 Å². The van der Waals surface area contributed by atoms with Gasteiger partial charge in [0.2, 0.25) is 0 Å². The molecule has 0 saturated carbocycles. The van der Waals surface area contributed by atoms with Gasteiger partial charge in [-0.05, 0) is 103 Å². The predicted molar refractivity (Wildman–Crippen MR) is 253 cm³/mol. The molecule has 68 heavy (non-hydrogen) atoms. The average Bonchev–Trinajstić information content (AvgIpc) is 3.61. The van der Waals surface area contributed by atoms with Crippen molar-refractivity contribution in [2.45, 2.75) is 122 Å². The van der Waals surface area contributed by atoms with Crippen molar-refractivity contribution >= 4 is 20.6 Å². The van der Waals surface area contributed by atoms with Crippen LogP contribution < -0.4 is 26.0 Å². The van der Waals surface area contributed by atoms with Crippen LogP contribution in [0.1, 0.15) is 91.7 Å². The lowest BCUT2D eigenvalue weighted by molar-refractivity contribution is -0.176.